The molecule has 0 unspecified atom stereocenters. The Hall–Kier alpha value is -3.27. The van der Waals surface area contributed by atoms with Crippen molar-refractivity contribution in [1.82, 2.24) is 24.8 Å². The third-order valence-electron chi connectivity index (χ3n) is 7.08. The first kappa shape index (κ1) is 24.4. The van der Waals surface area contributed by atoms with Crippen LogP contribution in [-0.4, -0.2) is 77.3 Å². The lowest BCUT2D eigenvalue weighted by molar-refractivity contribution is 0.249. The van der Waals surface area contributed by atoms with E-state index in [1.165, 1.54) is 6.07 Å². The molecule has 1 saturated heterocycles. The summed E-state index contributed by atoms with van der Waals surface area (Å²) in [6.45, 7) is 7.03. The highest BCUT2D eigenvalue weighted by atomic mass is 19.1. The Morgan fingerprint density at radius 3 is 2.58 bits per heavy atom. The molecule has 5 rings (SSSR count). The zero-order valence-electron chi connectivity index (χ0n) is 21.3. The van der Waals surface area contributed by atoms with Gasteiger partial charge < -0.3 is 24.4 Å². The Labute approximate surface area is 210 Å². The van der Waals surface area contributed by atoms with Crippen molar-refractivity contribution in [2.75, 3.05) is 50.1 Å². The highest BCUT2D eigenvalue weighted by molar-refractivity contribution is 5.72. The molecule has 0 aliphatic carbocycles. The first-order valence-electron chi connectivity index (χ1n) is 12.5. The van der Waals surface area contributed by atoms with Crippen molar-refractivity contribution in [3.8, 4) is 17.0 Å². The molecule has 192 valence electrons. The summed E-state index contributed by atoms with van der Waals surface area (Å²) < 4.78 is 35.3. The Morgan fingerprint density at radius 1 is 1.08 bits per heavy atom. The quantitative estimate of drug-likeness (QED) is 0.554. The number of nitrogens with zero attached hydrogens (tertiary/aromatic N) is 6. The van der Waals surface area contributed by atoms with Gasteiger partial charge in [-0.2, -0.15) is 0 Å². The molecule has 2 aliphatic rings. The smallest absolute Gasteiger partial charge is 0.178 e. The normalized spacial score (nSPS) is 16.6. The number of aromatic nitrogens is 4. The number of imidazole rings is 1. The fourth-order valence-corrected chi connectivity index (χ4v) is 5.04. The number of rotatable bonds is 6. The van der Waals surface area contributed by atoms with Crippen LogP contribution in [0.2, 0.25) is 0 Å². The zero-order valence-corrected chi connectivity index (χ0v) is 21.3. The van der Waals surface area contributed by atoms with E-state index in [0.29, 0.717) is 48.5 Å². The molecule has 3 aromatic rings. The molecule has 0 atom stereocenters. The standard InChI is InChI=1S/C26H33F2N7O/c1-16(2)35-9-10-36-26-19(27)11-17(12-21(26)35)25-20(28)14-29-23(32-25)13-22-30-15-24(31-22)34-7-5-18(6-8-34)33(3)4/h11-12,14-16,18H,5-10,13H2,1-4H3,(H,30,31). The second-order valence-corrected chi connectivity index (χ2v) is 10.00. The van der Waals surface area contributed by atoms with Crippen LogP contribution in [0.25, 0.3) is 11.3 Å². The van der Waals surface area contributed by atoms with Gasteiger partial charge in [0.05, 0.1) is 31.0 Å². The van der Waals surface area contributed by atoms with Gasteiger partial charge in [-0.1, -0.05) is 0 Å². The molecule has 1 N–H and O–H groups in total. The molecular formula is C26H33F2N7O. The summed E-state index contributed by atoms with van der Waals surface area (Å²) in [5.41, 5.74) is 1.03. The van der Waals surface area contributed by atoms with Crippen molar-refractivity contribution in [2.24, 2.45) is 0 Å². The average molecular weight is 498 g/mol. The third kappa shape index (κ3) is 4.86. The van der Waals surface area contributed by atoms with E-state index in [2.05, 4.69) is 48.7 Å². The average Bonchev–Trinajstić information content (AvgIpc) is 3.33. The Morgan fingerprint density at radius 2 is 1.86 bits per heavy atom. The molecule has 0 bridgehead atoms. The highest BCUT2D eigenvalue weighted by Crippen LogP contribution is 2.39. The number of fused-ring (bicyclic) bond motifs is 1. The van der Waals surface area contributed by atoms with Gasteiger partial charge >= 0.3 is 0 Å². The van der Waals surface area contributed by atoms with Gasteiger partial charge in [0.15, 0.2) is 17.4 Å². The Balaban J connectivity index is 1.36. The SMILES string of the molecule is CC(C)N1CCOc2c(F)cc(-c3nc(Cc4ncc(N5CCC(N(C)C)CC5)[nH]4)ncc3F)cc21. The second-order valence-electron chi connectivity index (χ2n) is 10.00. The fourth-order valence-electron chi connectivity index (χ4n) is 5.04. The topological polar surface area (TPSA) is 73.4 Å². The molecule has 0 amide bonds. The number of hydrogen-bond acceptors (Lipinski definition) is 7. The molecule has 10 heteroatoms. The number of H-pyrrole nitrogens is 1. The van der Waals surface area contributed by atoms with Gasteiger partial charge in [0, 0.05) is 30.7 Å². The van der Waals surface area contributed by atoms with Gasteiger partial charge in [0.25, 0.3) is 0 Å². The monoisotopic (exact) mass is 497 g/mol. The maximum Gasteiger partial charge on any atom is 0.178 e. The first-order valence-corrected chi connectivity index (χ1v) is 12.5. The van der Waals surface area contributed by atoms with Crippen molar-refractivity contribution in [2.45, 2.75) is 45.2 Å². The molecule has 1 aromatic carbocycles. The summed E-state index contributed by atoms with van der Waals surface area (Å²) in [6, 6.07) is 3.77. The number of aromatic amines is 1. The van der Waals surface area contributed by atoms with Crippen LogP contribution in [0.1, 0.15) is 38.3 Å². The number of halogens is 2. The van der Waals surface area contributed by atoms with Crippen molar-refractivity contribution >= 4 is 11.5 Å². The van der Waals surface area contributed by atoms with E-state index in [-0.39, 0.29) is 17.5 Å². The van der Waals surface area contributed by atoms with Crippen LogP contribution in [0.3, 0.4) is 0 Å². The highest BCUT2D eigenvalue weighted by Gasteiger charge is 2.26. The molecule has 36 heavy (non-hydrogen) atoms. The molecule has 8 nitrogen and oxygen atoms in total. The summed E-state index contributed by atoms with van der Waals surface area (Å²) in [5.74, 6) is 1.15. The van der Waals surface area contributed by atoms with Gasteiger partial charge in [-0.15, -0.1) is 0 Å². The van der Waals surface area contributed by atoms with Gasteiger partial charge in [-0.3, -0.25) is 0 Å². The predicted octanol–water partition coefficient (Wildman–Crippen LogP) is 3.87. The molecule has 0 radical (unpaired) electrons. The largest absolute Gasteiger partial charge is 0.486 e. The van der Waals surface area contributed by atoms with Crippen molar-refractivity contribution in [3.05, 3.63) is 47.8 Å². The van der Waals surface area contributed by atoms with Gasteiger partial charge in [0.2, 0.25) is 0 Å². The van der Waals surface area contributed by atoms with Gasteiger partial charge in [0.1, 0.15) is 29.8 Å². The van der Waals surface area contributed by atoms with Crippen LogP contribution in [-0.2, 0) is 6.42 Å². The number of anilines is 2. The zero-order chi connectivity index (χ0) is 25.4. The lowest BCUT2D eigenvalue weighted by Crippen LogP contribution is -2.42. The predicted molar refractivity (Wildman–Crippen MR) is 136 cm³/mol. The van der Waals surface area contributed by atoms with Crippen LogP contribution < -0.4 is 14.5 Å². The Bertz CT molecular complexity index is 1220. The third-order valence-corrected chi connectivity index (χ3v) is 7.08. The van der Waals surface area contributed by atoms with Gasteiger partial charge in [-0.05, 0) is 52.9 Å². The molecule has 2 aliphatic heterocycles. The summed E-state index contributed by atoms with van der Waals surface area (Å²) in [4.78, 5) is 23.1. The van der Waals surface area contributed by atoms with Crippen molar-refractivity contribution in [3.63, 3.8) is 0 Å². The molecule has 0 spiro atoms. The van der Waals surface area contributed by atoms with E-state index in [0.717, 1.165) is 37.9 Å². The summed E-state index contributed by atoms with van der Waals surface area (Å²) in [7, 11) is 4.25. The fraction of sp³-hybridized carbons (Fsp3) is 0.500. The molecule has 1 fully saturated rings. The maximum atomic E-state index is 14.9. The van der Waals surface area contributed by atoms with E-state index in [9.17, 15) is 8.78 Å². The van der Waals surface area contributed by atoms with Crippen molar-refractivity contribution < 1.29 is 13.5 Å². The first-order chi connectivity index (χ1) is 17.3. The van der Waals surface area contributed by atoms with E-state index in [1.807, 2.05) is 20.0 Å². The summed E-state index contributed by atoms with van der Waals surface area (Å²) in [6.07, 6.45) is 5.48. The van der Waals surface area contributed by atoms with Crippen LogP contribution in [0.15, 0.2) is 24.5 Å². The summed E-state index contributed by atoms with van der Waals surface area (Å²) >= 11 is 0. The van der Waals surface area contributed by atoms with E-state index in [1.54, 1.807) is 6.07 Å². The lowest BCUT2D eigenvalue weighted by Gasteiger charge is -2.35. The van der Waals surface area contributed by atoms with Gasteiger partial charge in [-0.25, -0.2) is 23.7 Å². The summed E-state index contributed by atoms with van der Waals surface area (Å²) in [5, 5.41) is 0. The minimum Gasteiger partial charge on any atom is -0.486 e. The molecule has 2 aromatic heterocycles. The van der Waals surface area contributed by atoms with Crippen LogP contribution in [0.4, 0.5) is 20.3 Å². The van der Waals surface area contributed by atoms with Crippen molar-refractivity contribution in [1.29, 1.82) is 0 Å². The van der Waals surface area contributed by atoms with E-state index >= 15 is 0 Å². The lowest BCUT2D eigenvalue weighted by atomic mass is 10.0. The number of piperidine rings is 1. The van der Waals surface area contributed by atoms with E-state index < -0.39 is 11.6 Å². The van der Waals surface area contributed by atoms with Crippen LogP contribution >= 0.6 is 0 Å². The molecular weight excluding hydrogens is 464 g/mol. The van der Waals surface area contributed by atoms with Crippen LogP contribution in [0.5, 0.6) is 5.75 Å². The Kier molecular flexibility index (Phi) is 6.79. The van der Waals surface area contributed by atoms with Crippen LogP contribution in [0, 0.1) is 11.6 Å². The molecule has 4 heterocycles. The minimum atomic E-state index is -0.602. The second kappa shape index (κ2) is 10.0. The number of benzene rings is 1. The number of ether oxygens (including phenoxy) is 1. The maximum absolute atomic E-state index is 14.9. The number of hydrogen-bond donors (Lipinski definition) is 1. The molecule has 0 saturated carbocycles. The minimum absolute atomic E-state index is 0.0634. The number of nitrogens with one attached hydrogen (secondary N) is 1. The van der Waals surface area contributed by atoms with E-state index in [4.69, 9.17) is 4.74 Å².